The molecule has 0 fully saturated rings. The normalized spacial score (nSPS) is 10.5. The van der Waals surface area contributed by atoms with Crippen LogP contribution in [0.4, 0.5) is 0 Å². The summed E-state index contributed by atoms with van der Waals surface area (Å²) in [5.41, 5.74) is 3.53. The Hall–Kier alpha value is -1.81. The lowest BCUT2D eigenvalue weighted by molar-refractivity contribution is 0.414. The number of nitrogens with zero attached hydrogens (tertiary/aromatic N) is 1. The molecule has 0 saturated carbocycles. The third-order valence-corrected chi connectivity index (χ3v) is 2.71. The molecule has 2 rings (SSSR count). The Balaban J connectivity index is 1.87. The van der Waals surface area contributed by atoms with E-state index in [1.807, 2.05) is 31.3 Å². The van der Waals surface area contributed by atoms with Crippen LogP contribution in [0.3, 0.4) is 0 Å². The second-order valence-corrected chi connectivity index (χ2v) is 3.98. The van der Waals surface area contributed by atoms with Crippen LogP contribution in [0.1, 0.15) is 16.8 Å². The average molecular weight is 231 g/mol. The van der Waals surface area contributed by atoms with Crippen LogP contribution in [-0.2, 0) is 13.1 Å². The lowest BCUT2D eigenvalue weighted by atomic mass is 10.2. The fourth-order valence-corrected chi connectivity index (χ4v) is 1.68. The van der Waals surface area contributed by atoms with Crippen molar-refractivity contribution < 1.29 is 4.74 Å². The lowest BCUT2D eigenvalue weighted by Crippen LogP contribution is -2.12. The van der Waals surface area contributed by atoms with Gasteiger partial charge in [0.2, 0.25) is 0 Å². The molecular formula is C13H17N3O. The highest BCUT2D eigenvalue weighted by atomic mass is 16.5. The highest BCUT2D eigenvalue weighted by Crippen LogP contribution is 2.12. The first kappa shape index (κ1) is 11.7. The number of hydrogen-bond acceptors (Lipinski definition) is 3. The van der Waals surface area contributed by atoms with Crippen LogP contribution in [0.5, 0.6) is 5.75 Å². The molecule has 90 valence electrons. The van der Waals surface area contributed by atoms with Crippen LogP contribution in [0.25, 0.3) is 0 Å². The summed E-state index contributed by atoms with van der Waals surface area (Å²) in [5, 5.41) is 10.3. The molecule has 4 nitrogen and oxygen atoms in total. The molecule has 0 amide bonds. The van der Waals surface area contributed by atoms with Gasteiger partial charge >= 0.3 is 0 Å². The van der Waals surface area contributed by atoms with Gasteiger partial charge in [0, 0.05) is 24.3 Å². The Labute approximate surface area is 101 Å². The van der Waals surface area contributed by atoms with E-state index < -0.39 is 0 Å². The predicted molar refractivity (Wildman–Crippen MR) is 66.9 cm³/mol. The van der Waals surface area contributed by atoms with Crippen LogP contribution in [0.2, 0.25) is 0 Å². The molecule has 1 aromatic carbocycles. The van der Waals surface area contributed by atoms with E-state index in [0.717, 1.165) is 24.5 Å². The number of nitrogens with one attached hydrogen (secondary N) is 2. The van der Waals surface area contributed by atoms with Gasteiger partial charge in [-0.1, -0.05) is 12.1 Å². The Morgan fingerprint density at radius 3 is 2.94 bits per heavy atom. The fourth-order valence-electron chi connectivity index (χ4n) is 1.68. The van der Waals surface area contributed by atoms with Crippen LogP contribution in [-0.4, -0.2) is 17.3 Å². The molecule has 4 heteroatoms. The molecule has 2 aromatic rings. The lowest BCUT2D eigenvalue weighted by Gasteiger charge is -2.06. The van der Waals surface area contributed by atoms with Gasteiger partial charge in [0.15, 0.2) is 0 Å². The summed E-state index contributed by atoms with van der Waals surface area (Å²) in [7, 11) is 1.68. The molecule has 0 bridgehead atoms. The third-order valence-electron chi connectivity index (χ3n) is 2.71. The Morgan fingerprint density at radius 1 is 1.35 bits per heavy atom. The van der Waals surface area contributed by atoms with Crippen molar-refractivity contribution >= 4 is 0 Å². The maximum absolute atomic E-state index is 5.18. The van der Waals surface area contributed by atoms with E-state index in [0.29, 0.717) is 0 Å². The number of benzene rings is 1. The highest BCUT2D eigenvalue weighted by Gasteiger charge is 2.00. The largest absolute Gasteiger partial charge is 0.497 e. The van der Waals surface area contributed by atoms with Crippen molar-refractivity contribution in [3.05, 3.63) is 47.3 Å². The van der Waals surface area contributed by atoms with Crippen LogP contribution >= 0.6 is 0 Å². The number of rotatable bonds is 5. The number of ether oxygens (including phenoxy) is 1. The number of methoxy groups -OCH3 is 1. The standard InChI is InChI=1S/C13H17N3O/c1-10-12(9-15-16-10)8-14-7-11-4-3-5-13(6-11)17-2/h3-6,9,14H,7-8H2,1-2H3,(H,15,16). The maximum Gasteiger partial charge on any atom is 0.119 e. The smallest absolute Gasteiger partial charge is 0.119 e. The second-order valence-electron chi connectivity index (χ2n) is 3.98. The van der Waals surface area contributed by atoms with Gasteiger partial charge < -0.3 is 10.1 Å². The van der Waals surface area contributed by atoms with Crippen molar-refractivity contribution in [2.45, 2.75) is 20.0 Å². The first-order valence-corrected chi connectivity index (χ1v) is 5.62. The number of aromatic amines is 1. The third kappa shape index (κ3) is 3.07. The van der Waals surface area contributed by atoms with Gasteiger partial charge in [0.25, 0.3) is 0 Å². The van der Waals surface area contributed by atoms with Gasteiger partial charge in [-0.05, 0) is 24.6 Å². The van der Waals surface area contributed by atoms with E-state index in [9.17, 15) is 0 Å². The maximum atomic E-state index is 5.18. The number of hydrogen-bond donors (Lipinski definition) is 2. The zero-order chi connectivity index (χ0) is 12.1. The van der Waals surface area contributed by atoms with Gasteiger partial charge in [0.05, 0.1) is 13.3 Å². The first-order valence-electron chi connectivity index (χ1n) is 5.62. The highest BCUT2D eigenvalue weighted by molar-refractivity contribution is 5.28. The SMILES string of the molecule is COc1cccc(CNCc2cn[nH]c2C)c1. The number of H-pyrrole nitrogens is 1. The summed E-state index contributed by atoms with van der Waals surface area (Å²) in [6.07, 6.45) is 1.86. The first-order chi connectivity index (χ1) is 8.29. The van der Waals surface area contributed by atoms with Gasteiger partial charge in [0.1, 0.15) is 5.75 Å². The van der Waals surface area contributed by atoms with Crippen molar-refractivity contribution in [1.82, 2.24) is 15.5 Å². The summed E-state index contributed by atoms with van der Waals surface area (Å²) >= 11 is 0. The van der Waals surface area contributed by atoms with Crippen molar-refractivity contribution in [2.24, 2.45) is 0 Å². The topological polar surface area (TPSA) is 49.9 Å². The summed E-state index contributed by atoms with van der Waals surface area (Å²) in [6.45, 7) is 3.66. The van der Waals surface area contributed by atoms with E-state index in [2.05, 4.69) is 21.6 Å². The van der Waals surface area contributed by atoms with E-state index >= 15 is 0 Å². The monoisotopic (exact) mass is 231 g/mol. The fraction of sp³-hybridized carbons (Fsp3) is 0.308. The van der Waals surface area contributed by atoms with Crippen molar-refractivity contribution in [1.29, 1.82) is 0 Å². The van der Waals surface area contributed by atoms with E-state index in [-0.39, 0.29) is 0 Å². The van der Waals surface area contributed by atoms with Crippen LogP contribution in [0.15, 0.2) is 30.5 Å². The second kappa shape index (κ2) is 5.50. The van der Waals surface area contributed by atoms with Crippen molar-refractivity contribution in [3.8, 4) is 5.75 Å². The minimum Gasteiger partial charge on any atom is -0.497 e. The molecule has 0 aliphatic rings. The van der Waals surface area contributed by atoms with Gasteiger partial charge in [-0.2, -0.15) is 5.10 Å². The van der Waals surface area contributed by atoms with Gasteiger partial charge in [-0.15, -0.1) is 0 Å². The van der Waals surface area contributed by atoms with Crippen molar-refractivity contribution in [3.63, 3.8) is 0 Å². The molecule has 0 saturated heterocycles. The van der Waals surface area contributed by atoms with Crippen LogP contribution < -0.4 is 10.1 Å². The number of aromatic nitrogens is 2. The zero-order valence-corrected chi connectivity index (χ0v) is 10.2. The Bertz CT molecular complexity index is 479. The quantitative estimate of drug-likeness (QED) is 0.827. The summed E-state index contributed by atoms with van der Waals surface area (Å²) in [4.78, 5) is 0. The summed E-state index contributed by atoms with van der Waals surface area (Å²) in [5.74, 6) is 0.892. The predicted octanol–water partition coefficient (Wildman–Crippen LogP) is 2.02. The van der Waals surface area contributed by atoms with Crippen LogP contribution in [0, 0.1) is 6.92 Å². The molecule has 0 radical (unpaired) electrons. The Morgan fingerprint density at radius 2 is 2.24 bits per heavy atom. The molecule has 2 N–H and O–H groups in total. The minimum absolute atomic E-state index is 0.819. The molecule has 0 spiro atoms. The van der Waals surface area contributed by atoms with E-state index in [1.54, 1.807) is 7.11 Å². The van der Waals surface area contributed by atoms with Gasteiger partial charge in [-0.25, -0.2) is 0 Å². The molecule has 1 heterocycles. The summed E-state index contributed by atoms with van der Waals surface area (Å²) < 4.78 is 5.18. The molecule has 0 unspecified atom stereocenters. The molecular weight excluding hydrogens is 214 g/mol. The number of aryl methyl sites for hydroxylation is 1. The Kier molecular flexibility index (Phi) is 3.77. The molecule has 0 atom stereocenters. The van der Waals surface area contributed by atoms with Gasteiger partial charge in [-0.3, -0.25) is 5.10 Å². The molecule has 1 aromatic heterocycles. The van der Waals surface area contributed by atoms with Crippen molar-refractivity contribution in [2.75, 3.05) is 7.11 Å². The molecule has 17 heavy (non-hydrogen) atoms. The minimum atomic E-state index is 0.819. The molecule has 0 aliphatic heterocycles. The zero-order valence-electron chi connectivity index (χ0n) is 10.2. The molecule has 0 aliphatic carbocycles. The van der Waals surface area contributed by atoms with E-state index in [1.165, 1.54) is 11.1 Å². The average Bonchev–Trinajstić information content (AvgIpc) is 2.76. The summed E-state index contributed by atoms with van der Waals surface area (Å²) in [6, 6.07) is 8.07. The van der Waals surface area contributed by atoms with E-state index in [4.69, 9.17) is 4.74 Å².